The summed E-state index contributed by atoms with van der Waals surface area (Å²) in [6.07, 6.45) is 3.61. The Morgan fingerprint density at radius 3 is 2.69 bits per heavy atom. The molecule has 7 heteroatoms. The van der Waals surface area contributed by atoms with Crippen LogP contribution in [0.25, 0.3) is 10.9 Å². The molecule has 1 unspecified atom stereocenters. The van der Waals surface area contributed by atoms with E-state index in [2.05, 4.69) is 29.3 Å². The molecule has 0 aliphatic carbocycles. The van der Waals surface area contributed by atoms with Crippen molar-refractivity contribution < 1.29 is 19.0 Å². The van der Waals surface area contributed by atoms with Gasteiger partial charge in [-0.25, -0.2) is 4.98 Å². The van der Waals surface area contributed by atoms with Gasteiger partial charge in [-0.3, -0.25) is 4.79 Å². The number of piperidine rings is 1. The van der Waals surface area contributed by atoms with E-state index in [9.17, 15) is 4.79 Å². The van der Waals surface area contributed by atoms with Crippen molar-refractivity contribution in [3.05, 3.63) is 48.5 Å². The van der Waals surface area contributed by atoms with E-state index in [1.807, 2.05) is 18.2 Å². The van der Waals surface area contributed by atoms with Gasteiger partial charge in [0.15, 0.2) is 18.1 Å². The number of para-hydroxylation sites is 1. The second-order valence-electron chi connectivity index (χ2n) is 7.94. The third kappa shape index (κ3) is 4.72. The molecule has 0 spiro atoms. The van der Waals surface area contributed by atoms with E-state index in [-0.39, 0.29) is 12.5 Å². The van der Waals surface area contributed by atoms with E-state index in [1.165, 1.54) is 19.3 Å². The molecule has 1 aliphatic heterocycles. The van der Waals surface area contributed by atoms with Gasteiger partial charge in [0.1, 0.15) is 17.1 Å². The molecule has 7 nitrogen and oxygen atoms in total. The Hall–Kier alpha value is -3.48. The number of aromatic nitrogens is 1. The second kappa shape index (κ2) is 9.77. The monoisotopic (exact) mass is 435 g/mol. The highest BCUT2D eigenvalue weighted by Crippen LogP contribution is 2.31. The van der Waals surface area contributed by atoms with Crippen molar-refractivity contribution in [2.24, 2.45) is 0 Å². The number of pyridine rings is 1. The van der Waals surface area contributed by atoms with Crippen LogP contribution in [0, 0.1) is 0 Å². The highest BCUT2D eigenvalue weighted by molar-refractivity contribution is 5.93. The van der Waals surface area contributed by atoms with Crippen LogP contribution in [0.15, 0.2) is 48.5 Å². The second-order valence-corrected chi connectivity index (χ2v) is 7.94. The van der Waals surface area contributed by atoms with Crippen molar-refractivity contribution in [2.75, 3.05) is 37.6 Å². The van der Waals surface area contributed by atoms with Crippen molar-refractivity contribution in [1.82, 2.24) is 4.98 Å². The predicted octanol–water partition coefficient (Wildman–Crippen LogP) is 4.65. The Kier molecular flexibility index (Phi) is 6.63. The number of fused-ring (bicyclic) bond motifs is 1. The molecule has 32 heavy (non-hydrogen) atoms. The van der Waals surface area contributed by atoms with Crippen molar-refractivity contribution >= 4 is 28.3 Å². The zero-order chi connectivity index (χ0) is 22.5. The maximum Gasteiger partial charge on any atom is 0.262 e. The Labute approximate surface area is 188 Å². The number of hydrogen-bond donors (Lipinski definition) is 1. The number of ether oxygens (including phenoxy) is 3. The topological polar surface area (TPSA) is 72.9 Å². The van der Waals surface area contributed by atoms with E-state index >= 15 is 0 Å². The standard InChI is InChI=1S/C25H29N3O4/c1-17-7-4-5-14-28(17)23-13-10-18-8-6-9-21(25(18)27-23)32-16-24(29)26-19-11-12-20(30-2)22(15-19)31-3/h6,8-13,15,17H,4-5,7,14,16H2,1-3H3,(H,26,29). The molecule has 1 aliphatic rings. The number of methoxy groups -OCH3 is 2. The lowest BCUT2D eigenvalue weighted by Crippen LogP contribution is -2.37. The summed E-state index contributed by atoms with van der Waals surface area (Å²) in [5.74, 6) is 2.42. The summed E-state index contributed by atoms with van der Waals surface area (Å²) >= 11 is 0. The van der Waals surface area contributed by atoms with Crippen LogP contribution in [0.4, 0.5) is 11.5 Å². The quantitative estimate of drug-likeness (QED) is 0.583. The van der Waals surface area contributed by atoms with Crippen molar-refractivity contribution in [2.45, 2.75) is 32.2 Å². The van der Waals surface area contributed by atoms with E-state index in [0.29, 0.717) is 29.0 Å². The molecule has 0 bridgehead atoms. The molecule has 2 heterocycles. The summed E-state index contributed by atoms with van der Waals surface area (Å²) in [5, 5.41) is 3.81. The van der Waals surface area contributed by atoms with Gasteiger partial charge in [0, 0.05) is 29.7 Å². The molecule has 1 aromatic heterocycles. The minimum atomic E-state index is -0.268. The average Bonchev–Trinajstić information content (AvgIpc) is 2.82. The van der Waals surface area contributed by atoms with E-state index < -0.39 is 0 Å². The molecular weight excluding hydrogens is 406 g/mol. The summed E-state index contributed by atoms with van der Waals surface area (Å²) < 4.78 is 16.4. The van der Waals surface area contributed by atoms with Crippen LogP contribution in [0.2, 0.25) is 0 Å². The Bertz CT molecular complexity index is 1100. The summed E-state index contributed by atoms with van der Waals surface area (Å²) in [7, 11) is 3.12. The highest BCUT2D eigenvalue weighted by atomic mass is 16.5. The molecule has 1 fully saturated rings. The minimum absolute atomic E-state index is 0.126. The number of hydrogen-bond acceptors (Lipinski definition) is 6. The lowest BCUT2D eigenvalue weighted by molar-refractivity contribution is -0.118. The molecule has 1 saturated heterocycles. The number of nitrogens with zero attached hydrogens (tertiary/aromatic N) is 2. The fourth-order valence-electron chi connectivity index (χ4n) is 4.08. The molecule has 1 atom stereocenters. The van der Waals surface area contributed by atoms with Crippen molar-refractivity contribution in [3.8, 4) is 17.2 Å². The first-order chi connectivity index (χ1) is 15.6. The number of carbonyl (C=O) groups excluding carboxylic acids is 1. The highest BCUT2D eigenvalue weighted by Gasteiger charge is 2.20. The normalized spacial score (nSPS) is 16.0. The van der Waals surface area contributed by atoms with E-state index in [1.54, 1.807) is 32.4 Å². The zero-order valence-electron chi connectivity index (χ0n) is 18.8. The third-order valence-corrected chi connectivity index (χ3v) is 5.79. The SMILES string of the molecule is COc1ccc(NC(=O)COc2cccc3ccc(N4CCCCC4C)nc23)cc1OC. The molecule has 3 aromatic rings. The number of nitrogens with one attached hydrogen (secondary N) is 1. The largest absolute Gasteiger partial charge is 0.493 e. The molecule has 2 aromatic carbocycles. The molecule has 0 radical (unpaired) electrons. The number of amides is 1. The smallest absolute Gasteiger partial charge is 0.262 e. The van der Waals surface area contributed by atoms with Crippen LogP contribution in [-0.2, 0) is 4.79 Å². The molecule has 1 N–H and O–H groups in total. The predicted molar refractivity (Wildman–Crippen MR) is 126 cm³/mol. The third-order valence-electron chi connectivity index (χ3n) is 5.79. The van der Waals surface area contributed by atoms with Gasteiger partial charge < -0.3 is 24.4 Å². The van der Waals surface area contributed by atoms with Crippen LogP contribution in [-0.4, -0.2) is 44.3 Å². The number of rotatable bonds is 7. The minimum Gasteiger partial charge on any atom is -0.493 e. The summed E-state index contributed by atoms with van der Waals surface area (Å²) in [6.45, 7) is 3.13. The maximum atomic E-state index is 12.5. The van der Waals surface area contributed by atoms with Crippen molar-refractivity contribution in [1.29, 1.82) is 0 Å². The van der Waals surface area contributed by atoms with Crippen LogP contribution < -0.4 is 24.4 Å². The zero-order valence-corrected chi connectivity index (χ0v) is 18.8. The molecular formula is C25H29N3O4. The maximum absolute atomic E-state index is 12.5. The summed E-state index contributed by atoms with van der Waals surface area (Å²) in [5.41, 5.74) is 1.37. The van der Waals surface area contributed by atoms with Gasteiger partial charge in [-0.1, -0.05) is 12.1 Å². The van der Waals surface area contributed by atoms with Crippen LogP contribution in [0.3, 0.4) is 0 Å². The van der Waals surface area contributed by atoms with Crippen LogP contribution in [0.1, 0.15) is 26.2 Å². The average molecular weight is 436 g/mol. The Balaban J connectivity index is 1.48. The van der Waals surface area contributed by atoms with Gasteiger partial charge in [-0.05, 0) is 56.5 Å². The number of anilines is 2. The first-order valence-corrected chi connectivity index (χ1v) is 10.9. The van der Waals surface area contributed by atoms with Gasteiger partial charge in [0.2, 0.25) is 0 Å². The molecule has 168 valence electrons. The van der Waals surface area contributed by atoms with E-state index in [0.717, 1.165) is 23.3 Å². The fourth-order valence-corrected chi connectivity index (χ4v) is 4.08. The first-order valence-electron chi connectivity index (χ1n) is 10.9. The number of benzene rings is 2. The summed E-state index contributed by atoms with van der Waals surface area (Å²) in [6, 6.07) is 15.6. The van der Waals surface area contributed by atoms with Gasteiger partial charge in [-0.15, -0.1) is 0 Å². The van der Waals surface area contributed by atoms with Crippen LogP contribution >= 0.6 is 0 Å². The van der Waals surface area contributed by atoms with Crippen molar-refractivity contribution in [3.63, 3.8) is 0 Å². The molecule has 0 saturated carbocycles. The molecule has 1 amide bonds. The molecule has 4 rings (SSSR count). The Morgan fingerprint density at radius 1 is 1.06 bits per heavy atom. The van der Waals surface area contributed by atoms with Gasteiger partial charge >= 0.3 is 0 Å². The van der Waals surface area contributed by atoms with Crippen LogP contribution in [0.5, 0.6) is 17.2 Å². The van der Waals surface area contributed by atoms with E-state index in [4.69, 9.17) is 19.2 Å². The fraction of sp³-hybridized carbons (Fsp3) is 0.360. The Morgan fingerprint density at radius 2 is 1.91 bits per heavy atom. The summed E-state index contributed by atoms with van der Waals surface area (Å²) in [4.78, 5) is 19.7. The lowest BCUT2D eigenvalue weighted by atomic mass is 10.0. The first kappa shape index (κ1) is 21.7. The van der Waals surface area contributed by atoms with Gasteiger partial charge in [0.05, 0.1) is 14.2 Å². The van der Waals surface area contributed by atoms with Gasteiger partial charge in [-0.2, -0.15) is 0 Å². The lowest BCUT2D eigenvalue weighted by Gasteiger charge is -2.34. The number of carbonyl (C=O) groups is 1. The van der Waals surface area contributed by atoms with Gasteiger partial charge in [0.25, 0.3) is 5.91 Å².